The summed E-state index contributed by atoms with van der Waals surface area (Å²) in [5.74, 6) is -0.645. The molecule has 4 rings (SSSR count). The number of methoxy groups -OCH3 is 1. The molecule has 6 nitrogen and oxygen atoms in total. The average molecular weight is 431 g/mol. The van der Waals surface area contributed by atoms with Crippen LogP contribution in [-0.2, 0) is 9.47 Å². The number of para-hydroxylation sites is 1. The highest BCUT2D eigenvalue weighted by molar-refractivity contribution is 7.22. The minimum absolute atomic E-state index is 0.0317. The number of anilines is 1. The third-order valence-corrected chi connectivity index (χ3v) is 6.15. The number of rotatable bonds is 5. The first-order chi connectivity index (χ1) is 14.1. The number of carbonyl (C=O) groups excluding carboxylic acids is 2. The van der Waals surface area contributed by atoms with E-state index < -0.39 is 5.97 Å². The van der Waals surface area contributed by atoms with E-state index in [1.165, 1.54) is 18.4 Å². The minimum Gasteiger partial charge on any atom is -0.465 e. The van der Waals surface area contributed by atoms with Gasteiger partial charge in [0.25, 0.3) is 5.91 Å². The van der Waals surface area contributed by atoms with Crippen molar-refractivity contribution in [3.8, 4) is 0 Å². The Labute approximate surface area is 177 Å². The fourth-order valence-electron chi connectivity index (χ4n) is 3.28. The molecule has 1 amide bonds. The zero-order valence-corrected chi connectivity index (χ0v) is 17.3. The van der Waals surface area contributed by atoms with Crippen LogP contribution in [0.5, 0.6) is 0 Å². The highest BCUT2D eigenvalue weighted by Gasteiger charge is 2.27. The number of esters is 1. The van der Waals surface area contributed by atoms with Crippen LogP contribution in [-0.4, -0.2) is 43.2 Å². The molecule has 150 valence electrons. The summed E-state index contributed by atoms with van der Waals surface area (Å²) in [4.78, 5) is 31.3. The van der Waals surface area contributed by atoms with Crippen LogP contribution >= 0.6 is 22.9 Å². The number of nitrogens with zero attached hydrogens (tertiary/aromatic N) is 2. The molecule has 1 aromatic heterocycles. The van der Waals surface area contributed by atoms with E-state index in [-0.39, 0.29) is 12.0 Å². The Morgan fingerprint density at radius 3 is 2.66 bits per heavy atom. The molecule has 1 fully saturated rings. The van der Waals surface area contributed by atoms with E-state index in [0.717, 1.165) is 17.5 Å². The standard InChI is InChI=1S/C21H19ClN2O4S/c1-27-20(26)14-9-7-13(8-10-14)19(25)24(12-15-4-3-11-28-15)21-23-18-16(22)5-2-6-17(18)29-21/h2,5-10,15H,3-4,11-12H2,1H3. The molecule has 1 atom stereocenters. The molecular weight excluding hydrogens is 412 g/mol. The molecule has 0 aliphatic carbocycles. The highest BCUT2D eigenvalue weighted by Crippen LogP contribution is 2.34. The van der Waals surface area contributed by atoms with Crippen molar-refractivity contribution in [3.63, 3.8) is 0 Å². The molecule has 29 heavy (non-hydrogen) atoms. The minimum atomic E-state index is -0.443. The highest BCUT2D eigenvalue weighted by atomic mass is 35.5. The summed E-state index contributed by atoms with van der Waals surface area (Å²) in [5, 5.41) is 1.13. The molecule has 0 radical (unpaired) electrons. The molecule has 0 N–H and O–H groups in total. The lowest BCUT2D eigenvalue weighted by molar-refractivity contribution is 0.0600. The second-order valence-electron chi connectivity index (χ2n) is 6.70. The molecule has 3 aromatic rings. The maximum absolute atomic E-state index is 13.3. The predicted octanol–water partition coefficient (Wildman–Crippen LogP) is 4.56. The van der Waals surface area contributed by atoms with E-state index in [2.05, 4.69) is 4.98 Å². The Kier molecular flexibility index (Phi) is 5.80. The summed E-state index contributed by atoms with van der Waals surface area (Å²) in [7, 11) is 1.32. The summed E-state index contributed by atoms with van der Waals surface area (Å²) < 4.78 is 11.4. The normalized spacial score (nSPS) is 16.1. The third kappa shape index (κ3) is 4.12. The monoisotopic (exact) mass is 430 g/mol. The van der Waals surface area contributed by atoms with Crippen LogP contribution in [0.4, 0.5) is 5.13 Å². The zero-order chi connectivity index (χ0) is 20.4. The number of ether oxygens (including phenoxy) is 2. The molecule has 0 saturated carbocycles. The first-order valence-corrected chi connectivity index (χ1v) is 10.4. The topological polar surface area (TPSA) is 68.7 Å². The summed E-state index contributed by atoms with van der Waals surface area (Å²) in [5.41, 5.74) is 1.53. The Bertz CT molecular complexity index is 1040. The van der Waals surface area contributed by atoms with Gasteiger partial charge in [0.05, 0.1) is 35.0 Å². The number of benzene rings is 2. The van der Waals surface area contributed by atoms with Gasteiger partial charge in [-0.1, -0.05) is 29.0 Å². The molecule has 2 heterocycles. The molecule has 2 aromatic carbocycles. The zero-order valence-electron chi connectivity index (χ0n) is 15.8. The van der Waals surface area contributed by atoms with Crippen molar-refractivity contribution in [2.75, 3.05) is 25.2 Å². The number of amides is 1. The number of hydrogen-bond donors (Lipinski definition) is 0. The molecular formula is C21H19ClN2O4S. The van der Waals surface area contributed by atoms with Gasteiger partial charge >= 0.3 is 5.97 Å². The maximum atomic E-state index is 13.3. The van der Waals surface area contributed by atoms with Gasteiger partial charge in [0, 0.05) is 12.2 Å². The van der Waals surface area contributed by atoms with Crippen molar-refractivity contribution in [1.29, 1.82) is 0 Å². The number of aromatic nitrogens is 1. The van der Waals surface area contributed by atoms with Gasteiger partial charge in [-0.2, -0.15) is 0 Å². The average Bonchev–Trinajstić information content (AvgIpc) is 3.41. The number of halogens is 1. The lowest BCUT2D eigenvalue weighted by Crippen LogP contribution is -2.37. The maximum Gasteiger partial charge on any atom is 0.337 e. The number of thiazole rings is 1. The molecule has 1 unspecified atom stereocenters. The van der Waals surface area contributed by atoms with Gasteiger partial charge in [-0.25, -0.2) is 9.78 Å². The van der Waals surface area contributed by atoms with Crippen LogP contribution < -0.4 is 4.90 Å². The summed E-state index contributed by atoms with van der Waals surface area (Å²) >= 11 is 7.69. The summed E-state index contributed by atoms with van der Waals surface area (Å²) in [6.45, 7) is 1.11. The molecule has 1 aliphatic heterocycles. The van der Waals surface area contributed by atoms with Crippen molar-refractivity contribution < 1.29 is 19.1 Å². The Morgan fingerprint density at radius 1 is 1.24 bits per heavy atom. The second kappa shape index (κ2) is 8.49. The first-order valence-electron chi connectivity index (χ1n) is 9.23. The number of fused-ring (bicyclic) bond motifs is 1. The third-order valence-electron chi connectivity index (χ3n) is 4.80. The second-order valence-corrected chi connectivity index (χ2v) is 8.12. The van der Waals surface area contributed by atoms with Gasteiger partial charge in [0.2, 0.25) is 0 Å². The summed E-state index contributed by atoms with van der Waals surface area (Å²) in [6.07, 6.45) is 1.85. The van der Waals surface area contributed by atoms with E-state index in [4.69, 9.17) is 21.1 Å². The quantitative estimate of drug-likeness (QED) is 0.555. The molecule has 1 aliphatic rings. The first kappa shape index (κ1) is 19.8. The van der Waals surface area contributed by atoms with Gasteiger partial charge in [0.1, 0.15) is 5.52 Å². The predicted molar refractivity (Wildman–Crippen MR) is 113 cm³/mol. The van der Waals surface area contributed by atoms with E-state index in [1.807, 2.05) is 12.1 Å². The van der Waals surface area contributed by atoms with Crippen LogP contribution in [0.2, 0.25) is 5.02 Å². The SMILES string of the molecule is COC(=O)c1ccc(C(=O)N(CC2CCCO2)c2nc3c(Cl)cccc3s2)cc1. The van der Waals surface area contributed by atoms with Crippen molar-refractivity contribution >= 4 is 50.2 Å². The van der Waals surface area contributed by atoms with E-state index in [9.17, 15) is 9.59 Å². The lowest BCUT2D eigenvalue weighted by Gasteiger charge is -2.23. The summed E-state index contributed by atoms with van der Waals surface area (Å²) in [6, 6.07) is 12.0. The fourth-order valence-corrected chi connectivity index (χ4v) is 4.55. The van der Waals surface area contributed by atoms with Gasteiger partial charge in [-0.15, -0.1) is 0 Å². The molecule has 8 heteroatoms. The van der Waals surface area contributed by atoms with Crippen LogP contribution in [0.15, 0.2) is 42.5 Å². The fraction of sp³-hybridized carbons (Fsp3) is 0.286. The van der Waals surface area contributed by atoms with Crippen molar-refractivity contribution in [1.82, 2.24) is 4.98 Å². The van der Waals surface area contributed by atoms with Crippen LogP contribution in [0.3, 0.4) is 0 Å². The van der Waals surface area contributed by atoms with Crippen LogP contribution in [0.25, 0.3) is 10.2 Å². The Balaban J connectivity index is 1.68. The van der Waals surface area contributed by atoms with E-state index in [1.54, 1.807) is 35.2 Å². The number of carbonyl (C=O) groups is 2. The molecule has 0 bridgehead atoms. The lowest BCUT2D eigenvalue weighted by atomic mass is 10.1. The smallest absolute Gasteiger partial charge is 0.337 e. The van der Waals surface area contributed by atoms with Gasteiger partial charge in [-0.05, 0) is 49.2 Å². The van der Waals surface area contributed by atoms with Crippen LogP contribution in [0, 0.1) is 0 Å². The van der Waals surface area contributed by atoms with Crippen molar-refractivity contribution in [3.05, 3.63) is 58.6 Å². The Hall–Kier alpha value is -2.48. The van der Waals surface area contributed by atoms with E-state index in [0.29, 0.717) is 39.9 Å². The van der Waals surface area contributed by atoms with Crippen molar-refractivity contribution in [2.45, 2.75) is 18.9 Å². The number of hydrogen-bond acceptors (Lipinski definition) is 6. The van der Waals surface area contributed by atoms with Gasteiger partial charge in [0.15, 0.2) is 5.13 Å². The van der Waals surface area contributed by atoms with Gasteiger partial charge < -0.3 is 9.47 Å². The molecule has 1 saturated heterocycles. The van der Waals surface area contributed by atoms with Crippen molar-refractivity contribution in [2.24, 2.45) is 0 Å². The van der Waals surface area contributed by atoms with Crippen LogP contribution in [0.1, 0.15) is 33.6 Å². The largest absolute Gasteiger partial charge is 0.465 e. The van der Waals surface area contributed by atoms with Gasteiger partial charge in [-0.3, -0.25) is 9.69 Å². The molecule has 0 spiro atoms. The van der Waals surface area contributed by atoms with E-state index >= 15 is 0 Å². The Morgan fingerprint density at radius 2 is 2.00 bits per heavy atom.